The summed E-state index contributed by atoms with van der Waals surface area (Å²) in [6, 6.07) is 8.62. The minimum Gasteiger partial charge on any atom is -0.301 e. The van der Waals surface area contributed by atoms with Crippen molar-refractivity contribution in [3.8, 4) is 0 Å². The van der Waals surface area contributed by atoms with E-state index in [-0.39, 0.29) is 5.92 Å². The second kappa shape index (κ2) is 5.46. The smallest absolute Gasteiger partial charge is 0.137 e. The lowest BCUT2D eigenvalue weighted by Gasteiger charge is -2.20. The molecule has 2 rings (SSSR count). The van der Waals surface area contributed by atoms with Crippen LogP contribution in [0.15, 0.2) is 24.3 Å². The minimum absolute atomic E-state index is 0.283. The maximum absolute atomic E-state index is 11.6. The van der Waals surface area contributed by atoms with Gasteiger partial charge in [0.2, 0.25) is 0 Å². The molecule has 2 heteroatoms. The molecular formula is C15H21NO. The van der Waals surface area contributed by atoms with E-state index in [9.17, 15) is 4.79 Å². The van der Waals surface area contributed by atoms with E-state index >= 15 is 0 Å². The number of carbonyl (C=O) groups is 1. The molecule has 0 bridgehead atoms. The second-order valence-electron chi connectivity index (χ2n) is 5.24. The molecule has 0 amide bonds. The zero-order valence-corrected chi connectivity index (χ0v) is 10.8. The summed E-state index contributed by atoms with van der Waals surface area (Å²) < 4.78 is 0. The van der Waals surface area contributed by atoms with Gasteiger partial charge in [0.25, 0.3) is 0 Å². The molecule has 0 heterocycles. The Morgan fingerprint density at radius 3 is 2.59 bits per heavy atom. The third-order valence-electron chi connectivity index (χ3n) is 3.54. The number of aryl methyl sites for hydroxylation is 1. The van der Waals surface area contributed by atoms with Gasteiger partial charge in [-0.1, -0.05) is 29.8 Å². The number of ketones is 1. The fourth-order valence-electron chi connectivity index (χ4n) is 2.53. The SMILES string of the molecule is Cc1ccc(CN(C)CC2CCCC2=O)cc1. The van der Waals surface area contributed by atoms with Gasteiger partial charge in [-0.15, -0.1) is 0 Å². The molecule has 1 fully saturated rings. The van der Waals surface area contributed by atoms with Crippen LogP contribution in [-0.2, 0) is 11.3 Å². The van der Waals surface area contributed by atoms with Gasteiger partial charge in [0.15, 0.2) is 0 Å². The molecule has 0 N–H and O–H groups in total. The van der Waals surface area contributed by atoms with Crippen LogP contribution in [0.3, 0.4) is 0 Å². The number of hydrogen-bond acceptors (Lipinski definition) is 2. The first kappa shape index (κ1) is 12.3. The van der Waals surface area contributed by atoms with E-state index < -0.39 is 0 Å². The molecule has 1 aliphatic rings. The Morgan fingerprint density at radius 1 is 1.29 bits per heavy atom. The van der Waals surface area contributed by atoms with Gasteiger partial charge in [-0.2, -0.15) is 0 Å². The molecule has 0 saturated heterocycles. The Bertz CT molecular complexity index is 382. The first-order valence-corrected chi connectivity index (χ1v) is 6.42. The normalized spacial score (nSPS) is 20.2. The van der Waals surface area contributed by atoms with E-state index in [1.54, 1.807) is 0 Å². The van der Waals surface area contributed by atoms with Gasteiger partial charge in [0.05, 0.1) is 0 Å². The molecule has 92 valence electrons. The summed E-state index contributed by atoms with van der Waals surface area (Å²) in [5, 5.41) is 0. The van der Waals surface area contributed by atoms with Gasteiger partial charge in [0.1, 0.15) is 5.78 Å². The van der Waals surface area contributed by atoms with Crippen LogP contribution in [0.5, 0.6) is 0 Å². The third-order valence-corrected chi connectivity index (χ3v) is 3.54. The number of rotatable bonds is 4. The third kappa shape index (κ3) is 3.40. The van der Waals surface area contributed by atoms with Crippen molar-refractivity contribution in [2.24, 2.45) is 5.92 Å². The molecule has 0 aliphatic heterocycles. The highest BCUT2D eigenvalue weighted by Crippen LogP contribution is 2.22. The van der Waals surface area contributed by atoms with E-state index in [0.717, 1.165) is 32.4 Å². The topological polar surface area (TPSA) is 20.3 Å². The highest BCUT2D eigenvalue weighted by atomic mass is 16.1. The fraction of sp³-hybridized carbons (Fsp3) is 0.533. The van der Waals surface area contributed by atoms with Crippen molar-refractivity contribution < 1.29 is 4.79 Å². The summed E-state index contributed by atoms with van der Waals surface area (Å²) in [5.41, 5.74) is 2.62. The Kier molecular flexibility index (Phi) is 3.95. The van der Waals surface area contributed by atoms with Crippen LogP contribution < -0.4 is 0 Å². The molecule has 17 heavy (non-hydrogen) atoms. The molecule has 1 aromatic carbocycles. The summed E-state index contributed by atoms with van der Waals surface area (Å²) in [5.74, 6) is 0.742. The molecule has 1 aromatic rings. The number of benzene rings is 1. The van der Waals surface area contributed by atoms with Crippen molar-refractivity contribution >= 4 is 5.78 Å². The Balaban J connectivity index is 1.86. The number of nitrogens with zero attached hydrogens (tertiary/aromatic N) is 1. The molecule has 0 radical (unpaired) electrons. The van der Waals surface area contributed by atoms with E-state index in [1.165, 1.54) is 11.1 Å². The first-order valence-electron chi connectivity index (χ1n) is 6.42. The molecular weight excluding hydrogens is 210 g/mol. The van der Waals surface area contributed by atoms with Crippen molar-refractivity contribution in [2.75, 3.05) is 13.6 Å². The van der Waals surface area contributed by atoms with Crippen molar-refractivity contribution in [3.05, 3.63) is 35.4 Å². The zero-order valence-electron chi connectivity index (χ0n) is 10.8. The van der Waals surface area contributed by atoms with E-state index in [2.05, 4.69) is 43.1 Å². The quantitative estimate of drug-likeness (QED) is 0.794. The number of Topliss-reactive ketones (excluding diaryl/α,β-unsaturated/α-hetero) is 1. The predicted octanol–water partition coefficient (Wildman–Crippen LogP) is 2.80. The molecule has 0 aromatic heterocycles. The maximum atomic E-state index is 11.6. The Labute approximate surface area is 104 Å². The summed E-state index contributed by atoms with van der Waals surface area (Å²) in [6.45, 7) is 3.95. The van der Waals surface area contributed by atoms with E-state index in [0.29, 0.717) is 5.78 Å². The first-order chi connectivity index (χ1) is 8.15. The molecule has 1 saturated carbocycles. The van der Waals surface area contributed by atoms with Crippen LogP contribution in [-0.4, -0.2) is 24.3 Å². The van der Waals surface area contributed by atoms with Gasteiger partial charge in [-0.3, -0.25) is 4.79 Å². The molecule has 1 aliphatic carbocycles. The maximum Gasteiger partial charge on any atom is 0.137 e. The van der Waals surface area contributed by atoms with E-state index in [4.69, 9.17) is 0 Å². The van der Waals surface area contributed by atoms with Crippen molar-refractivity contribution in [1.82, 2.24) is 4.90 Å². The van der Waals surface area contributed by atoms with Gasteiger partial charge >= 0.3 is 0 Å². The number of hydrogen-bond donors (Lipinski definition) is 0. The molecule has 1 atom stereocenters. The summed E-state index contributed by atoms with van der Waals surface area (Å²) in [7, 11) is 2.10. The lowest BCUT2D eigenvalue weighted by molar-refractivity contribution is -0.121. The van der Waals surface area contributed by atoms with Crippen molar-refractivity contribution in [2.45, 2.75) is 32.7 Å². The summed E-state index contributed by atoms with van der Waals surface area (Å²) in [4.78, 5) is 13.8. The zero-order chi connectivity index (χ0) is 12.3. The average molecular weight is 231 g/mol. The summed E-state index contributed by atoms with van der Waals surface area (Å²) in [6.07, 6.45) is 2.96. The van der Waals surface area contributed by atoms with Crippen LogP contribution in [0.1, 0.15) is 30.4 Å². The van der Waals surface area contributed by atoms with Crippen LogP contribution in [0.4, 0.5) is 0 Å². The monoisotopic (exact) mass is 231 g/mol. The van der Waals surface area contributed by atoms with Crippen LogP contribution in [0.2, 0.25) is 0 Å². The Morgan fingerprint density at radius 2 is 2.00 bits per heavy atom. The fourth-order valence-corrected chi connectivity index (χ4v) is 2.53. The van der Waals surface area contributed by atoms with Crippen molar-refractivity contribution in [1.29, 1.82) is 0 Å². The standard InChI is InChI=1S/C15H21NO/c1-12-6-8-13(9-7-12)10-16(2)11-14-4-3-5-15(14)17/h6-9,14H,3-5,10-11H2,1-2H3. The van der Waals surface area contributed by atoms with E-state index in [1.807, 2.05) is 0 Å². The number of carbonyl (C=O) groups excluding carboxylic acids is 1. The Hall–Kier alpha value is -1.15. The van der Waals surface area contributed by atoms with Gasteiger partial charge in [-0.25, -0.2) is 0 Å². The molecule has 2 nitrogen and oxygen atoms in total. The predicted molar refractivity (Wildman–Crippen MR) is 69.9 cm³/mol. The lowest BCUT2D eigenvalue weighted by atomic mass is 10.1. The molecule has 0 spiro atoms. The van der Waals surface area contributed by atoms with Crippen LogP contribution >= 0.6 is 0 Å². The van der Waals surface area contributed by atoms with Gasteiger partial charge < -0.3 is 4.90 Å². The summed E-state index contributed by atoms with van der Waals surface area (Å²) >= 11 is 0. The largest absolute Gasteiger partial charge is 0.301 e. The van der Waals surface area contributed by atoms with Gasteiger partial charge in [0, 0.05) is 25.4 Å². The second-order valence-corrected chi connectivity index (χ2v) is 5.24. The van der Waals surface area contributed by atoms with Crippen LogP contribution in [0.25, 0.3) is 0 Å². The van der Waals surface area contributed by atoms with Gasteiger partial charge in [-0.05, 0) is 32.4 Å². The highest BCUT2D eigenvalue weighted by Gasteiger charge is 2.25. The van der Waals surface area contributed by atoms with Crippen molar-refractivity contribution in [3.63, 3.8) is 0 Å². The lowest BCUT2D eigenvalue weighted by Crippen LogP contribution is -2.27. The minimum atomic E-state index is 0.283. The van der Waals surface area contributed by atoms with Crippen LogP contribution in [0, 0.1) is 12.8 Å². The average Bonchev–Trinajstić information content (AvgIpc) is 2.68. The highest BCUT2D eigenvalue weighted by molar-refractivity contribution is 5.83. The molecule has 1 unspecified atom stereocenters.